The summed E-state index contributed by atoms with van der Waals surface area (Å²) < 4.78 is 12.1. The maximum atomic E-state index is 13.9. The van der Waals surface area contributed by atoms with Gasteiger partial charge in [-0.25, -0.2) is 9.59 Å². The predicted octanol–water partition coefficient (Wildman–Crippen LogP) is 22.0. The number of carbonyl (C=O) groups is 1. The molecule has 0 bridgehead atoms. The molecule has 0 N–H and O–H groups in total. The second kappa shape index (κ2) is 41.6. The molecule has 0 saturated heterocycles. The highest BCUT2D eigenvalue weighted by Gasteiger charge is 2.25. The Morgan fingerprint density at radius 1 is 0.338 bits per heavy atom. The van der Waals surface area contributed by atoms with Crippen LogP contribution in [0.4, 0.5) is 11.4 Å². The molecule has 2 heterocycles. The molecule has 1 aliphatic carbocycles. The molecule has 5 rings (SSSR count). The molecule has 0 spiro atoms. The summed E-state index contributed by atoms with van der Waals surface area (Å²) in [5.41, 5.74) is 4.35. The van der Waals surface area contributed by atoms with Gasteiger partial charge in [0.15, 0.2) is 5.78 Å². The van der Waals surface area contributed by atoms with Crippen LogP contribution < -0.4 is 21.1 Å². The van der Waals surface area contributed by atoms with Crippen LogP contribution in [0.2, 0.25) is 0 Å². The van der Waals surface area contributed by atoms with Gasteiger partial charge in [0.2, 0.25) is 0 Å². The number of nitrogens with zero attached hydrogens (tertiary/aromatic N) is 2. The van der Waals surface area contributed by atoms with Gasteiger partial charge in [-0.2, -0.15) is 0 Å². The van der Waals surface area contributed by atoms with Gasteiger partial charge in [0.1, 0.15) is 11.2 Å². The van der Waals surface area contributed by atoms with E-state index < -0.39 is 11.3 Å². The second-order valence-electron chi connectivity index (χ2n) is 24.3. The normalized spacial score (nSPS) is 13.8. The number of fused-ring (bicyclic) bond motifs is 2. The van der Waals surface area contributed by atoms with Gasteiger partial charge in [-0.05, 0) is 87.1 Å². The smallest absolute Gasteiger partial charge is 0.343 e. The molecule has 7 heteroatoms. The molecular weight excluding hydrogens is 985 g/mol. The van der Waals surface area contributed by atoms with Crippen LogP contribution in [0, 0.1) is 0 Å². The van der Waals surface area contributed by atoms with Crippen LogP contribution in [0.3, 0.4) is 0 Å². The van der Waals surface area contributed by atoms with Gasteiger partial charge in [0, 0.05) is 71.6 Å². The number of ketones is 1. The standard InChI is InChI=1S/C73H114N2O5/c1-5-9-13-17-21-25-29-33-37-41-51-74(52-42-38-34-30-26-22-18-14-10-6-2)67-49-47-61-55-65(72(77)79-69(61)59-67)57-63-45-46-64(71(63)76)58-66-56-62-48-50-68(60-70(62)80-73(66)78)75(53-43-39-35-31-27-23-19-15-11-7-3)54-44-40-36-32-28-24-20-16-12-8-4/h47-50,55-60H,5-46,51-54H2,1-4H3/b63-57+,64-58+. The lowest BCUT2D eigenvalue weighted by Gasteiger charge is -2.25. The van der Waals surface area contributed by atoms with E-state index in [2.05, 4.69) is 61.8 Å². The fourth-order valence-electron chi connectivity index (χ4n) is 12.1. The summed E-state index contributed by atoms with van der Waals surface area (Å²) in [6.07, 6.45) is 57.0. The van der Waals surface area contributed by atoms with E-state index >= 15 is 0 Å². The molecule has 1 aliphatic rings. The lowest BCUT2D eigenvalue weighted by molar-refractivity contribution is -0.111. The monoisotopic (exact) mass is 1100 g/mol. The van der Waals surface area contributed by atoms with Crippen molar-refractivity contribution < 1.29 is 13.6 Å². The zero-order valence-corrected chi connectivity index (χ0v) is 51.7. The second-order valence-corrected chi connectivity index (χ2v) is 24.3. The number of hydrogen-bond donors (Lipinski definition) is 0. The predicted molar refractivity (Wildman–Crippen MR) is 347 cm³/mol. The van der Waals surface area contributed by atoms with E-state index in [-0.39, 0.29) is 5.78 Å². The first-order valence-electron chi connectivity index (χ1n) is 34.0. The molecular formula is C73H114N2O5. The lowest BCUT2D eigenvalue weighted by atomic mass is 10.1. The van der Waals surface area contributed by atoms with Crippen LogP contribution in [0.25, 0.3) is 34.1 Å². The van der Waals surface area contributed by atoms with Crippen molar-refractivity contribution in [1.82, 2.24) is 0 Å². The Morgan fingerprint density at radius 3 is 0.850 bits per heavy atom. The molecule has 2 aromatic carbocycles. The molecule has 0 unspecified atom stereocenters. The molecule has 7 nitrogen and oxygen atoms in total. The van der Waals surface area contributed by atoms with Gasteiger partial charge in [0.25, 0.3) is 0 Å². The van der Waals surface area contributed by atoms with E-state index in [4.69, 9.17) is 8.83 Å². The molecule has 0 aliphatic heterocycles. The molecule has 1 fully saturated rings. The molecule has 2 aromatic heterocycles. The maximum absolute atomic E-state index is 13.9. The topological polar surface area (TPSA) is 84.0 Å². The van der Waals surface area contributed by atoms with Crippen LogP contribution in [0.1, 0.15) is 308 Å². The van der Waals surface area contributed by atoms with Gasteiger partial charge in [0.05, 0.1) is 11.1 Å². The highest BCUT2D eigenvalue weighted by molar-refractivity contribution is 6.15. The highest BCUT2D eigenvalue weighted by atomic mass is 16.4. The molecule has 0 amide bonds. The Morgan fingerprint density at radius 2 is 0.588 bits per heavy atom. The number of rotatable bonds is 48. The lowest BCUT2D eigenvalue weighted by Crippen LogP contribution is -2.25. The van der Waals surface area contributed by atoms with Crippen molar-refractivity contribution in [1.29, 1.82) is 0 Å². The van der Waals surface area contributed by atoms with E-state index in [0.717, 1.165) is 74.0 Å². The van der Waals surface area contributed by atoms with E-state index in [1.165, 1.54) is 231 Å². The van der Waals surface area contributed by atoms with Crippen molar-refractivity contribution in [3.63, 3.8) is 0 Å². The summed E-state index contributed by atoms with van der Waals surface area (Å²) in [7, 11) is 0. The first-order chi connectivity index (χ1) is 39.3. The van der Waals surface area contributed by atoms with E-state index in [1.54, 1.807) is 12.2 Å². The molecule has 0 atom stereocenters. The third-order valence-electron chi connectivity index (χ3n) is 17.3. The summed E-state index contributed by atoms with van der Waals surface area (Å²) in [5, 5.41) is 1.69. The van der Waals surface area contributed by atoms with Gasteiger partial charge >= 0.3 is 11.3 Å². The Hall–Kier alpha value is -4.39. The summed E-state index contributed by atoms with van der Waals surface area (Å²) in [5.74, 6) is -0.140. The number of unbranched alkanes of at least 4 members (excludes halogenated alkanes) is 36. The van der Waals surface area contributed by atoms with Crippen molar-refractivity contribution in [2.24, 2.45) is 0 Å². The molecule has 1 saturated carbocycles. The van der Waals surface area contributed by atoms with Gasteiger partial charge in [-0.1, -0.05) is 259 Å². The number of anilines is 2. The molecule has 446 valence electrons. The third kappa shape index (κ3) is 25.8. The zero-order valence-electron chi connectivity index (χ0n) is 51.7. The minimum absolute atomic E-state index is 0.140. The van der Waals surface area contributed by atoms with Crippen molar-refractivity contribution in [3.05, 3.63) is 91.6 Å². The van der Waals surface area contributed by atoms with Crippen LogP contribution >= 0.6 is 0 Å². The third-order valence-corrected chi connectivity index (χ3v) is 17.3. The number of benzene rings is 2. The SMILES string of the molecule is CCCCCCCCCCCCN(CCCCCCCCCCCC)c1ccc2cc(/C=C3\CC/C(=C\c4cc5ccc(N(CCCCCCCCCCCC)CCCCCCCCCCCC)cc5oc4=O)C3=O)c(=O)oc2c1. The average molecular weight is 1100 g/mol. The molecule has 4 aromatic rings. The number of hydrogen-bond acceptors (Lipinski definition) is 7. The Labute approximate surface area is 487 Å². The fraction of sp³-hybridized carbons (Fsp3) is 0.685. The Balaban J connectivity index is 1.20. The summed E-state index contributed by atoms with van der Waals surface area (Å²) >= 11 is 0. The van der Waals surface area contributed by atoms with Gasteiger partial charge in [-0.3, -0.25) is 4.79 Å². The fourth-order valence-corrected chi connectivity index (χ4v) is 12.1. The largest absolute Gasteiger partial charge is 0.422 e. The van der Waals surface area contributed by atoms with Crippen molar-refractivity contribution in [2.45, 2.75) is 297 Å². The summed E-state index contributed by atoms with van der Waals surface area (Å²) in [4.78, 5) is 46.2. The minimum Gasteiger partial charge on any atom is -0.422 e. The zero-order chi connectivity index (χ0) is 56.7. The van der Waals surface area contributed by atoms with E-state index in [1.807, 2.05) is 24.3 Å². The average Bonchev–Trinajstić information content (AvgIpc) is 3.80. The van der Waals surface area contributed by atoms with E-state index in [9.17, 15) is 14.4 Å². The van der Waals surface area contributed by atoms with Crippen LogP contribution in [0.5, 0.6) is 0 Å². The molecule has 0 radical (unpaired) electrons. The van der Waals surface area contributed by atoms with Gasteiger partial charge in [-0.15, -0.1) is 0 Å². The van der Waals surface area contributed by atoms with Gasteiger partial charge < -0.3 is 18.6 Å². The van der Waals surface area contributed by atoms with E-state index in [0.29, 0.717) is 46.3 Å². The highest BCUT2D eigenvalue weighted by Crippen LogP contribution is 2.32. The van der Waals surface area contributed by atoms with Crippen LogP contribution in [-0.2, 0) is 4.79 Å². The first-order valence-corrected chi connectivity index (χ1v) is 34.0. The van der Waals surface area contributed by atoms with Crippen molar-refractivity contribution in [3.8, 4) is 0 Å². The van der Waals surface area contributed by atoms with Crippen LogP contribution in [-0.4, -0.2) is 32.0 Å². The minimum atomic E-state index is -0.441. The quantitative estimate of drug-likeness (QED) is 0.0247. The van der Waals surface area contributed by atoms with Crippen molar-refractivity contribution in [2.75, 3.05) is 36.0 Å². The number of carbonyl (C=O) groups excluding carboxylic acids is 1. The molecule has 80 heavy (non-hydrogen) atoms. The first kappa shape index (κ1) is 66.4. The number of Topliss-reactive ketones (excluding diaryl/α,β-unsaturated/α-hetero) is 1. The summed E-state index contributed by atoms with van der Waals surface area (Å²) in [6.45, 7) is 13.2. The Kier molecular flexibility index (Phi) is 34.5. The summed E-state index contributed by atoms with van der Waals surface area (Å²) in [6, 6.07) is 16.3. The van der Waals surface area contributed by atoms with Crippen LogP contribution in [0.15, 0.2) is 78.1 Å². The Bertz CT molecular complexity index is 2260. The van der Waals surface area contributed by atoms with Crippen molar-refractivity contribution >= 4 is 51.2 Å². The number of allylic oxidation sites excluding steroid dienone is 2. The maximum Gasteiger partial charge on any atom is 0.343 e.